The quantitative estimate of drug-likeness (QED) is 0.481. The van der Waals surface area contributed by atoms with Gasteiger partial charge in [-0.15, -0.1) is 0 Å². The third-order valence-corrected chi connectivity index (χ3v) is 6.03. The monoisotopic (exact) mass is 451 g/mol. The number of carbonyl (C=O) groups excluding carboxylic acids is 2. The predicted molar refractivity (Wildman–Crippen MR) is 125 cm³/mol. The van der Waals surface area contributed by atoms with E-state index in [1.807, 2.05) is 26.0 Å². The van der Waals surface area contributed by atoms with E-state index < -0.39 is 10.0 Å². The molecule has 0 unspecified atom stereocenters. The molecular weight excluding hydrogens is 426 g/mol. The third kappa shape index (κ3) is 6.18. The lowest BCUT2D eigenvalue weighted by Crippen LogP contribution is -2.23. The molecule has 3 rings (SSSR count). The standard InChI is InChI=1S/C24H25N3O4S/c1-17(2)23(28)26-20-13-11-18(12-14-20)16-25-24(29)19-7-6-8-21(15-19)27-32(30,31)22-9-4-3-5-10-22/h3-15,17,27H,16H2,1-2H3,(H,25,29)(H,26,28). The van der Waals surface area contributed by atoms with Crippen molar-refractivity contribution in [3.63, 3.8) is 0 Å². The number of amides is 2. The second kappa shape index (κ2) is 10.1. The van der Waals surface area contributed by atoms with Crippen LogP contribution in [0.4, 0.5) is 11.4 Å². The summed E-state index contributed by atoms with van der Waals surface area (Å²) < 4.78 is 27.5. The van der Waals surface area contributed by atoms with Gasteiger partial charge in [0.15, 0.2) is 0 Å². The molecule has 0 bridgehead atoms. The molecule has 32 heavy (non-hydrogen) atoms. The Hall–Kier alpha value is -3.65. The lowest BCUT2D eigenvalue weighted by Gasteiger charge is -2.11. The SMILES string of the molecule is CC(C)C(=O)Nc1ccc(CNC(=O)c2cccc(NS(=O)(=O)c3ccccc3)c2)cc1. The first-order valence-electron chi connectivity index (χ1n) is 10.1. The van der Waals surface area contributed by atoms with Crippen molar-refractivity contribution in [1.82, 2.24) is 5.32 Å². The largest absolute Gasteiger partial charge is 0.348 e. The number of hydrogen-bond donors (Lipinski definition) is 3. The summed E-state index contributed by atoms with van der Waals surface area (Å²) in [5, 5.41) is 5.63. The van der Waals surface area contributed by atoms with Crippen molar-refractivity contribution in [2.45, 2.75) is 25.3 Å². The molecule has 0 fully saturated rings. The Kier molecular flexibility index (Phi) is 7.27. The van der Waals surface area contributed by atoms with Crippen molar-refractivity contribution >= 4 is 33.2 Å². The molecule has 3 aromatic rings. The average molecular weight is 452 g/mol. The van der Waals surface area contributed by atoms with Gasteiger partial charge in [0.05, 0.1) is 4.90 Å². The van der Waals surface area contributed by atoms with Gasteiger partial charge in [-0.1, -0.05) is 50.2 Å². The molecule has 0 heterocycles. The second-order valence-corrected chi connectivity index (χ2v) is 9.21. The Bertz CT molecular complexity index is 1190. The molecule has 2 amide bonds. The summed E-state index contributed by atoms with van der Waals surface area (Å²) in [5.74, 6) is -0.501. The van der Waals surface area contributed by atoms with E-state index in [1.165, 1.54) is 18.2 Å². The van der Waals surface area contributed by atoms with E-state index in [0.29, 0.717) is 16.9 Å². The van der Waals surface area contributed by atoms with Crippen molar-refractivity contribution in [2.24, 2.45) is 5.92 Å². The molecule has 7 nitrogen and oxygen atoms in total. The fraction of sp³-hybridized carbons (Fsp3) is 0.167. The Morgan fingerprint density at radius 1 is 0.844 bits per heavy atom. The predicted octanol–water partition coefficient (Wildman–Crippen LogP) is 4.01. The van der Waals surface area contributed by atoms with Crippen LogP contribution in [0.1, 0.15) is 29.8 Å². The van der Waals surface area contributed by atoms with Gasteiger partial charge in [0.2, 0.25) is 5.91 Å². The minimum atomic E-state index is -3.74. The van der Waals surface area contributed by atoms with E-state index in [9.17, 15) is 18.0 Å². The van der Waals surface area contributed by atoms with E-state index in [4.69, 9.17) is 0 Å². The van der Waals surface area contributed by atoms with Gasteiger partial charge in [-0.2, -0.15) is 0 Å². The van der Waals surface area contributed by atoms with Crippen LogP contribution in [-0.2, 0) is 21.4 Å². The molecule has 0 saturated carbocycles. The minimum absolute atomic E-state index is 0.0613. The third-order valence-electron chi connectivity index (χ3n) is 4.63. The summed E-state index contributed by atoms with van der Waals surface area (Å²) in [5.41, 5.74) is 2.19. The van der Waals surface area contributed by atoms with E-state index in [-0.39, 0.29) is 29.2 Å². The van der Waals surface area contributed by atoms with E-state index in [1.54, 1.807) is 48.5 Å². The molecule has 0 radical (unpaired) electrons. The molecule has 8 heteroatoms. The lowest BCUT2D eigenvalue weighted by molar-refractivity contribution is -0.118. The molecule has 0 aliphatic rings. The maximum atomic E-state index is 12.5. The Morgan fingerprint density at radius 3 is 2.19 bits per heavy atom. The molecule has 166 valence electrons. The van der Waals surface area contributed by atoms with Gasteiger partial charge in [0, 0.05) is 29.4 Å². The molecule has 0 aliphatic carbocycles. The van der Waals surface area contributed by atoms with Crippen LogP contribution >= 0.6 is 0 Å². The van der Waals surface area contributed by atoms with Crippen LogP contribution in [0.3, 0.4) is 0 Å². The summed E-state index contributed by atoms with van der Waals surface area (Å²) in [6, 6.07) is 21.5. The molecule has 0 saturated heterocycles. The highest BCUT2D eigenvalue weighted by Gasteiger charge is 2.14. The summed E-state index contributed by atoms with van der Waals surface area (Å²) in [7, 11) is -3.74. The topological polar surface area (TPSA) is 104 Å². The number of sulfonamides is 1. The zero-order valence-corrected chi connectivity index (χ0v) is 18.6. The number of rotatable bonds is 8. The maximum absolute atomic E-state index is 12.5. The maximum Gasteiger partial charge on any atom is 0.261 e. The van der Waals surface area contributed by atoms with Crippen LogP contribution in [0.25, 0.3) is 0 Å². The molecule has 0 atom stereocenters. The van der Waals surface area contributed by atoms with Gasteiger partial charge >= 0.3 is 0 Å². The van der Waals surface area contributed by atoms with Gasteiger partial charge in [0.25, 0.3) is 15.9 Å². The van der Waals surface area contributed by atoms with Crippen LogP contribution < -0.4 is 15.4 Å². The van der Waals surface area contributed by atoms with E-state index in [2.05, 4.69) is 15.4 Å². The molecule has 0 aliphatic heterocycles. The molecule has 0 spiro atoms. The molecular formula is C24H25N3O4S. The first-order chi connectivity index (χ1) is 15.2. The highest BCUT2D eigenvalue weighted by molar-refractivity contribution is 7.92. The zero-order valence-electron chi connectivity index (χ0n) is 17.8. The minimum Gasteiger partial charge on any atom is -0.348 e. The van der Waals surface area contributed by atoms with Gasteiger partial charge < -0.3 is 10.6 Å². The van der Waals surface area contributed by atoms with Gasteiger partial charge in [-0.3, -0.25) is 14.3 Å². The second-order valence-electron chi connectivity index (χ2n) is 7.52. The van der Waals surface area contributed by atoms with Crippen molar-refractivity contribution in [1.29, 1.82) is 0 Å². The smallest absolute Gasteiger partial charge is 0.261 e. The summed E-state index contributed by atoms with van der Waals surface area (Å²) in [6.45, 7) is 3.93. The van der Waals surface area contributed by atoms with Crippen LogP contribution in [0.5, 0.6) is 0 Å². The molecule has 0 aromatic heterocycles. The Labute approximate surface area is 187 Å². The van der Waals surface area contributed by atoms with Crippen LogP contribution in [-0.4, -0.2) is 20.2 Å². The zero-order chi connectivity index (χ0) is 23.1. The van der Waals surface area contributed by atoms with Crippen molar-refractivity contribution < 1.29 is 18.0 Å². The highest BCUT2D eigenvalue weighted by Crippen LogP contribution is 2.17. The van der Waals surface area contributed by atoms with E-state index in [0.717, 1.165) is 5.56 Å². The molecule has 3 aromatic carbocycles. The van der Waals surface area contributed by atoms with Crippen LogP contribution in [0.15, 0.2) is 83.8 Å². The fourth-order valence-corrected chi connectivity index (χ4v) is 3.89. The highest BCUT2D eigenvalue weighted by atomic mass is 32.2. The van der Waals surface area contributed by atoms with Crippen LogP contribution in [0, 0.1) is 5.92 Å². The number of nitrogens with one attached hydrogen (secondary N) is 3. The first-order valence-corrected chi connectivity index (χ1v) is 11.6. The number of hydrogen-bond acceptors (Lipinski definition) is 4. The van der Waals surface area contributed by atoms with Crippen LogP contribution in [0.2, 0.25) is 0 Å². The number of benzene rings is 3. The Morgan fingerprint density at radius 2 is 1.53 bits per heavy atom. The summed E-state index contributed by atoms with van der Waals surface area (Å²) in [6.07, 6.45) is 0. The van der Waals surface area contributed by atoms with Gasteiger partial charge in [-0.25, -0.2) is 8.42 Å². The lowest BCUT2D eigenvalue weighted by atomic mass is 10.1. The van der Waals surface area contributed by atoms with Gasteiger partial charge in [-0.05, 0) is 48.0 Å². The van der Waals surface area contributed by atoms with Crippen molar-refractivity contribution in [2.75, 3.05) is 10.0 Å². The normalized spacial score (nSPS) is 11.1. The Balaban J connectivity index is 1.61. The summed E-state index contributed by atoms with van der Waals surface area (Å²) >= 11 is 0. The number of anilines is 2. The molecule has 3 N–H and O–H groups in total. The fourth-order valence-electron chi connectivity index (χ4n) is 2.81. The van der Waals surface area contributed by atoms with Crippen molar-refractivity contribution in [3.05, 3.63) is 90.0 Å². The van der Waals surface area contributed by atoms with E-state index >= 15 is 0 Å². The summed E-state index contributed by atoms with van der Waals surface area (Å²) in [4.78, 5) is 24.4. The number of carbonyl (C=O) groups is 2. The average Bonchev–Trinajstić information content (AvgIpc) is 2.79. The first kappa shape index (κ1) is 23.0. The van der Waals surface area contributed by atoms with Crippen molar-refractivity contribution in [3.8, 4) is 0 Å². The van der Waals surface area contributed by atoms with Gasteiger partial charge in [0.1, 0.15) is 0 Å².